The van der Waals surface area contributed by atoms with Crippen LogP contribution in [0.25, 0.3) is 0 Å². The van der Waals surface area contributed by atoms with Gasteiger partial charge in [0.1, 0.15) is 5.82 Å². The zero-order valence-electron chi connectivity index (χ0n) is 14.5. The van der Waals surface area contributed by atoms with E-state index < -0.39 is 5.54 Å². The number of likely N-dealkylation sites (tertiary alicyclic amines) is 1. The van der Waals surface area contributed by atoms with Crippen molar-refractivity contribution >= 4 is 11.7 Å². The molecule has 126 valence electrons. The first-order valence-corrected chi connectivity index (χ1v) is 8.41. The van der Waals surface area contributed by atoms with E-state index in [2.05, 4.69) is 22.2 Å². The molecule has 1 aliphatic heterocycles. The molecular formula is C19H24N4O. The third-order valence-electron chi connectivity index (χ3n) is 4.73. The largest absolute Gasteiger partial charge is 0.373 e. The lowest BCUT2D eigenvalue weighted by Crippen LogP contribution is -2.44. The lowest BCUT2D eigenvalue weighted by atomic mass is 9.96. The maximum Gasteiger partial charge on any atom is 0.227 e. The quantitative estimate of drug-likeness (QED) is 0.939. The van der Waals surface area contributed by atoms with E-state index in [0.29, 0.717) is 6.42 Å². The van der Waals surface area contributed by atoms with E-state index in [1.165, 1.54) is 0 Å². The maximum atomic E-state index is 12.9. The molecule has 0 bridgehead atoms. The molecule has 0 spiro atoms. The smallest absolute Gasteiger partial charge is 0.227 e. The number of hydrogen-bond donors (Lipinski definition) is 1. The highest BCUT2D eigenvalue weighted by Gasteiger charge is 2.43. The summed E-state index contributed by atoms with van der Waals surface area (Å²) in [5.74, 6) is 1.66. The van der Waals surface area contributed by atoms with Crippen molar-refractivity contribution in [3.63, 3.8) is 0 Å². The van der Waals surface area contributed by atoms with Crippen LogP contribution in [0.3, 0.4) is 0 Å². The average Bonchev–Trinajstić information content (AvgIpc) is 2.98. The Balaban J connectivity index is 1.88. The number of carbonyl (C=O) groups excluding carboxylic acids is 1. The Morgan fingerprint density at radius 2 is 2.04 bits per heavy atom. The van der Waals surface area contributed by atoms with Gasteiger partial charge in [-0.15, -0.1) is 0 Å². The number of hydrogen-bond acceptors (Lipinski definition) is 4. The highest BCUT2D eigenvalue weighted by atomic mass is 16.2. The number of benzene rings is 1. The van der Waals surface area contributed by atoms with Crippen LogP contribution in [-0.4, -0.2) is 34.4 Å². The van der Waals surface area contributed by atoms with Crippen LogP contribution in [0.5, 0.6) is 0 Å². The molecule has 1 aromatic heterocycles. The predicted molar refractivity (Wildman–Crippen MR) is 94.8 cm³/mol. The summed E-state index contributed by atoms with van der Waals surface area (Å²) in [6.45, 7) is 4.80. The number of nitrogens with one attached hydrogen (secondary N) is 1. The van der Waals surface area contributed by atoms with Crippen molar-refractivity contribution in [3.8, 4) is 0 Å². The fourth-order valence-corrected chi connectivity index (χ4v) is 3.40. The van der Waals surface area contributed by atoms with Crippen molar-refractivity contribution < 1.29 is 4.79 Å². The Morgan fingerprint density at radius 3 is 2.75 bits per heavy atom. The van der Waals surface area contributed by atoms with E-state index in [1.807, 2.05) is 55.3 Å². The van der Waals surface area contributed by atoms with Gasteiger partial charge in [-0.2, -0.15) is 0 Å². The van der Waals surface area contributed by atoms with Gasteiger partial charge in [-0.3, -0.25) is 4.79 Å². The molecule has 5 nitrogen and oxygen atoms in total. The molecule has 1 aliphatic rings. The summed E-state index contributed by atoms with van der Waals surface area (Å²) in [5.41, 5.74) is 1.51. The van der Waals surface area contributed by atoms with Gasteiger partial charge in [0.05, 0.1) is 12.0 Å². The lowest BCUT2D eigenvalue weighted by Gasteiger charge is -2.34. The minimum atomic E-state index is -0.441. The number of aryl methyl sites for hydroxylation is 1. The number of rotatable bonds is 4. The summed E-state index contributed by atoms with van der Waals surface area (Å²) in [7, 11) is 1.85. The van der Waals surface area contributed by atoms with Gasteiger partial charge in [-0.25, -0.2) is 9.97 Å². The standard InChI is InChI=1S/C19H24N4O/c1-14-12-16(20-3)22-18(21-14)19(2)10-7-11-23(19)17(24)13-15-8-5-4-6-9-15/h4-6,8-9,12H,7,10-11,13H2,1-3H3,(H,20,21,22)/t19-/m0/s1. The molecule has 1 fully saturated rings. The van der Waals surface area contributed by atoms with E-state index in [-0.39, 0.29) is 5.91 Å². The second-order valence-electron chi connectivity index (χ2n) is 6.55. The van der Waals surface area contributed by atoms with Gasteiger partial charge in [0, 0.05) is 25.4 Å². The van der Waals surface area contributed by atoms with E-state index in [0.717, 1.165) is 42.3 Å². The van der Waals surface area contributed by atoms with E-state index in [9.17, 15) is 4.79 Å². The number of anilines is 1. The molecule has 2 aromatic rings. The third-order valence-corrected chi connectivity index (χ3v) is 4.73. The highest BCUT2D eigenvalue weighted by molar-refractivity contribution is 5.80. The van der Waals surface area contributed by atoms with Crippen LogP contribution >= 0.6 is 0 Å². The minimum Gasteiger partial charge on any atom is -0.373 e. The first-order chi connectivity index (χ1) is 11.5. The Labute approximate surface area is 143 Å². The summed E-state index contributed by atoms with van der Waals surface area (Å²) < 4.78 is 0. The van der Waals surface area contributed by atoms with Gasteiger partial charge in [-0.05, 0) is 32.3 Å². The summed E-state index contributed by atoms with van der Waals surface area (Å²) in [6.07, 6.45) is 2.28. The molecule has 0 radical (unpaired) electrons. The topological polar surface area (TPSA) is 58.1 Å². The molecule has 1 amide bonds. The zero-order chi connectivity index (χ0) is 17.2. The molecular weight excluding hydrogens is 300 g/mol. The zero-order valence-corrected chi connectivity index (χ0v) is 14.5. The second kappa shape index (κ2) is 6.59. The van der Waals surface area contributed by atoms with Crippen LogP contribution in [0, 0.1) is 6.92 Å². The SMILES string of the molecule is CNc1cc(C)nc([C@]2(C)CCCN2C(=O)Cc2ccccc2)n1. The second-order valence-corrected chi connectivity index (χ2v) is 6.55. The highest BCUT2D eigenvalue weighted by Crippen LogP contribution is 2.37. The molecule has 1 N–H and O–H groups in total. The molecule has 0 unspecified atom stereocenters. The van der Waals surface area contributed by atoms with Crippen LogP contribution in [-0.2, 0) is 16.8 Å². The normalized spacial score (nSPS) is 20.2. The monoisotopic (exact) mass is 324 g/mol. The Morgan fingerprint density at radius 1 is 1.29 bits per heavy atom. The predicted octanol–water partition coefficient (Wildman–Crippen LogP) is 2.91. The molecule has 5 heteroatoms. The van der Waals surface area contributed by atoms with E-state index >= 15 is 0 Å². The first kappa shape index (κ1) is 16.4. The van der Waals surface area contributed by atoms with Gasteiger partial charge >= 0.3 is 0 Å². The van der Waals surface area contributed by atoms with Crippen molar-refractivity contribution in [1.29, 1.82) is 0 Å². The Hall–Kier alpha value is -2.43. The van der Waals surface area contributed by atoms with Gasteiger partial charge in [-0.1, -0.05) is 30.3 Å². The van der Waals surface area contributed by atoms with Crippen LogP contribution in [0.2, 0.25) is 0 Å². The van der Waals surface area contributed by atoms with Crippen molar-refractivity contribution in [2.45, 2.75) is 38.6 Å². The van der Waals surface area contributed by atoms with Crippen molar-refractivity contribution in [2.24, 2.45) is 0 Å². The molecule has 0 aliphatic carbocycles. The summed E-state index contributed by atoms with van der Waals surface area (Å²) >= 11 is 0. The number of carbonyl (C=O) groups is 1. The summed E-state index contributed by atoms with van der Waals surface area (Å²) in [6, 6.07) is 11.8. The Bertz CT molecular complexity index is 731. The average molecular weight is 324 g/mol. The fourth-order valence-electron chi connectivity index (χ4n) is 3.40. The molecule has 0 saturated carbocycles. The maximum absolute atomic E-state index is 12.9. The lowest BCUT2D eigenvalue weighted by molar-refractivity contribution is -0.134. The van der Waals surface area contributed by atoms with E-state index in [4.69, 9.17) is 0 Å². The van der Waals surface area contributed by atoms with Crippen LogP contribution in [0.15, 0.2) is 36.4 Å². The van der Waals surface area contributed by atoms with Crippen molar-refractivity contribution in [3.05, 3.63) is 53.5 Å². The molecule has 2 heterocycles. The molecule has 1 aromatic carbocycles. The summed E-state index contributed by atoms with van der Waals surface area (Å²) in [4.78, 5) is 24.1. The van der Waals surface area contributed by atoms with Gasteiger partial charge in [0.25, 0.3) is 0 Å². The van der Waals surface area contributed by atoms with Gasteiger partial charge in [0.2, 0.25) is 5.91 Å². The van der Waals surface area contributed by atoms with Crippen LogP contribution in [0.1, 0.15) is 36.8 Å². The number of aromatic nitrogens is 2. The van der Waals surface area contributed by atoms with Crippen LogP contribution < -0.4 is 5.32 Å². The van der Waals surface area contributed by atoms with Crippen molar-refractivity contribution in [1.82, 2.24) is 14.9 Å². The molecule has 1 saturated heterocycles. The fraction of sp³-hybridized carbons (Fsp3) is 0.421. The first-order valence-electron chi connectivity index (χ1n) is 8.41. The van der Waals surface area contributed by atoms with Crippen molar-refractivity contribution in [2.75, 3.05) is 18.9 Å². The molecule has 24 heavy (non-hydrogen) atoms. The van der Waals surface area contributed by atoms with Gasteiger partial charge < -0.3 is 10.2 Å². The van der Waals surface area contributed by atoms with Crippen LogP contribution in [0.4, 0.5) is 5.82 Å². The number of amides is 1. The van der Waals surface area contributed by atoms with Gasteiger partial charge in [0.15, 0.2) is 5.82 Å². The van der Waals surface area contributed by atoms with E-state index in [1.54, 1.807) is 0 Å². The molecule has 3 rings (SSSR count). The Kier molecular flexibility index (Phi) is 4.51. The number of nitrogens with zero attached hydrogens (tertiary/aromatic N) is 3. The minimum absolute atomic E-state index is 0.136. The third kappa shape index (κ3) is 3.11. The summed E-state index contributed by atoms with van der Waals surface area (Å²) in [5, 5.41) is 3.08. The molecule has 1 atom stereocenters.